The molecular formula is C17H28NO4P. The second-order valence-electron chi connectivity index (χ2n) is 5.87. The van der Waals surface area contributed by atoms with Crippen molar-refractivity contribution < 1.29 is 18.8 Å². The zero-order valence-electron chi connectivity index (χ0n) is 14.9. The van der Waals surface area contributed by atoms with Crippen molar-refractivity contribution >= 4 is 14.3 Å². The minimum atomic E-state index is -1.13. The molecule has 0 amide bonds. The fraction of sp³-hybridized carbons (Fsp3) is 0.588. The monoisotopic (exact) mass is 341 g/mol. The summed E-state index contributed by atoms with van der Waals surface area (Å²) >= 11 is 0. The number of carbonyl (C=O) groups excluding carboxylic acids is 1. The molecule has 0 aromatic heterocycles. The van der Waals surface area contributed by atoms with Gasteiger partial charge >= 0.3 is 5.97 Å². The second-order valence-corrected chi connectivity index (χ2v) is 7.39. The maximum absolute atomic E-state index is 11.4. The Morgan fingerprint density at radius 1 is 1.13 bits per heavy atom. The Kier molecular flexibility index (Phi) is 8.53. The SMILES string of the molecule is COCP(NCC(=O)OC)Oc1c(C(C)C)cccc1C(C)C. The molecule has 1 aromatic rings. The number of ether oxygens (including phenoxy) is 2. The molecule has 0 bridgehead atoms. The van der Waals surface area contributed by atoms with E-state index < -0.39 is 8.30 Å². The molecule has 0 aliphatic rings. The van der Waals surface area contributed by atoms with Gasteiger partial charge in [0.05, 0.1) is 7.11 Å². The van der Waals surface area contributed by atoms with Crippen molar-refractivity contribution in [1.29, 1.82) is 0 Å². The molecular weight excluding hydrogens is 313 g/mol. The van der Waals surface area contributed by atoms with Gasteiger partial charge in [0.15, 0.2) is 8.30 Å². The first-order valence-corrected chi connectivity index (χ1v) is 9.22. The molecule has 0 saturated carbocycles. The van der Waals surface area contributed by atoms with E-state index >= 15 is 0 Å². The van der Waals surface area contributed by atoms with E-state index in [-0.39, 0.29) is 12.5 Å². The second kappa shape index (κ2) is 9.86. The zero-order chi connectivity index (χ0) is 17.4. The van der Waals surface area contributed by atoms with Crippen molar-refractivity contribution in [2.75, 3.05) is 27.1 Å². The zero-order valence-corrected chi connectivity index (χ0v) is 15.8. The minimum absolute atomic E-state index is 0.104. The summed E-state index contributed by atoms with van der Waals surface area (Å²) in [7, 11) is 1.86. The van der Waals surface area contributed by atoms with Gasteiger partial charge in [-0.25, -0.2) is 0 Å². The summed E-state index contributed by atoms with van der Waals surface area (Å²) in [6, 6.07) is 6.25. The molecule has 23 heavy (non-hydrogen) atoms. The molecule has 0 spiro atoms. The average Bonchev–Trinajstić information content (AvgIpc) is 2.52. The number of para-hydroxylation sites is 1. The molecule has 1 aromatic carbocycles. The van der Waals surface area contributed by atoms with Gasteiger partial charge in [0.1, 0.15) is 18.6 Å². The molecule has 1 N–H and O–H groups in total. The van der Waals surface area contributed by atoms with Crippen molar-refractivity contribution in [1.82, 2.24) is 5.09 Å². The van der Waals surface area contributed by atoms with Crippen LogP contribution in [-0.4, -0.2) is 33.1 Å². The molecule has 5 nitrogen and oxygen atoms in total. The normalized spacial score (nSPS) is 12.5. The largest absolute Gasteiger partial charge is 0.468 e. The van der Waals surface area contributed by atoms with Gasteiger partial charge in [-0.2, -0.15) is 0 Å². The van der Waals surface area contributed by atoms with Crippen LogP contribution in [-0.2, 0) is 14.3 Å². The van der Waals surface area contributed by atoms with Crippen LogP contribution in [0.4, 0.5) is 0 Å². The summed E-state index contributed by atoms with van der Waals surface area (Å²) in [5, 5.41) is 3.10. The maximum atomic E-state index is 11.4. The maximum Gasteiger partial charge on any atom is 0.320 e. The van der Waals surface area contributed by atoms with Crippen LogP contribution in [0, 0.1) is 0 Å². The summed E-state index contributed by atoms with van der Waals surface area (Å²) in [5.41, 5.74) is 2.33. The number of carbonyl (C=O) groups is 1. The fourth-order valence-electron chi connectivity index (χ4n) is 2.14. The number of esters is 1. The number of nitrogens with one attached hydrogen (secondary N) is 1. The average molecular weight is 341 g/mol. The molecule has 6 heteroatoms. The predicted octanol–water partition coefficient (Wildman–Crippen LogP) is 3.99. The van der Waals surface area contributed by atoms with Gasteiger partial charge in [0.2, 0.25) is 0 Å². The molecule has 1 unspecified atom stereocenters. The third-order valence-corrected chi connectivity index (χ3v) is 4.80. The van der Waals surface area contributed by atoms with Crippen LogP contribution >= 0.6 is 8.30 Å². The van der Waals surface area contributed by atoms with E-state index in [9.17, 15) is 4.79 Å². The van der Waals surface area contributed by atoms with Gasteiger partial charge in [0, 0.05) is 7.11 Å². The van der Waals surface area contributed by atoms with Crippen LogP contribution in [0.1, 0.15) is 50.7 Å². The van der Waals surface area contributed by atoms with Gasteiger partial charge < -0.3 is 14.0 Å². The van der Waals surface area contributed by atoms with Crippen molar-refractivity contribution in [2.45, 2.75) is 39.5 Å². The predicted molar refractivity (Wildman–Crippen MR) is 94.1 cm³/mol. The van der Waals surface area contributed by atoms with Crippen LogP contribution in [0.25, 0.3) is 0 Å². The lowest BCUT2D eigenvalue weighted by Gasteiger charge is -2.24. The number of benzene rings is 1. The molecule has 130 valence electrons. The highest BCUT2D eigenvalue weighted by Gasteiger charge is 2.20. The third-order valence-electron chi connectivity index (χ3n) is 3.40. The highest BCUT2D eigenvalue weighted by atomic mass is 31.2. The summed E-state index contributed by atoms with van der Waals surface area (Å²) < 4.78 is 16.2. The Balaban J connectivity index is 3.03. The topological polar surface area (TPSA) is 56.8 Å². The fourth-order valence-corrected chi connectivity index (χ4v) is 3.32. The summed E-state index contributed by atoms with van der Waals surface area (Å²) in [6.45, 7) is 8.69. The number of rotatable bonds is 9. The lowest BCUT2D eigenvalue weighted by molar-refractivity contribution is -0.139. The molecule has 0 aliphatic heterocycles. The third kappa shape index (κ3) is 6.09. The molecule has 0 radical (unpaired) electrons. The Morgan fingerprint density at radius 3 is 2.13 bits per heavy atom. The summed E-state index contributed by atoms with van der Waals surface area (Å²) in [6.07, 6.45) is 0.399. The molecule has 0 fully saturated rings. The van der Waals surface area contributed by atoms with E-state index in [4.69, 9.17) is 9.26 Å². The molecule has 0 aliphatic carbocycles. The number of hydrogen-bond donors (Lipinski definition) is 1. The van der Waals surface area contributed by atoms with Crippen molar-refractivity contribution in [2.24, 2.45) is 0 Å². The lowest BCUT2D eigenvalue weighted by Crippen LogP contribution is -2.23. The van der Waals surface area contributed by atoms with Crippen molar-refractivity contribution in [3.05, 3.63) is 29.3 Å². The van der Waals surface area contributed by atoms with Gasteiger partial charge in [-0.3, -0.25) is 9.88 Å². The van der Waals surface area contributed by atoms with Crippen LogP contribution in [0.15, 0.2) is 18.2 Å². The van der Waals surface area contributed by atoms with Gasteiger partial charge in [-0.15, -0.1) is 0 Å². The molecule has 1 rings (SSSR count). The van der Waals surface area contributed by atoms with Crippen molar-refractivity contribution in [3.8, 4) is 5.75 Å². The molecule has 1 atom stereocenters. The van der Waals surface area contributed by atoms with E-state index in [1.807, 2.05) is 0 Å². The molecule has 0 saturated heterocycles. The van der Waals surface area contributed by atoms with E-state index in [1.54, 1.807) is 7.11 Å². The van der Waals surface area contributed by atoms with Crippen molar-refractivity contribution in [3.63, 3.8) is 0 Å². The Morgan fingerprint density at radius 2 is 1.70 bits per heavy atom. The van der Waals surface area contributed by atoms with Crippen LogP contribution in [0.5, 0.6) is 5.75 Å². The quantitative estimate of drug-likeness (QED) is 0.544. The van der Waals surface area contributed by atoms with Crippen LogP contribution in [0.2, 0.25) is 0 Å². The Labute approximate surface area is 140 Å². The summed E-state index contributed by atoms with van der Waals surface area (Å²) in [5.74, 6) is 1.28. The van der Waals surface area contributed by atoms with E-state index in [0.29, 0.717) is 18.2 Å². The van der Waals surface area contributed by atoms with E-state index in [2.05, 4.69) is 55.7 Å². The van der Waals surface area contributed by atoms with E-state index in [0.717, 1.165) is 5.75 Å². The van der Waals surface area contributed by atoms with Crippen LogP contribution < -0.4 is 9.61 Å². The standard InChI is InChI=1S/C17H28NO4P/c1-12(2)14-8-7-9-15(13(3)4)17(14)22-23(11-20-5)18-10-16(19)21-6/h7-9,12-13,18H,10-11H2,1-6H3. The molecule has 0 heterocycles. The highest BCUT2D eigenvalue weighted by molar-refractivity contribution is 7.50. The Bertz CT molecular complexity index is 479. The van der Waals surface area contributed by atoms with Gasteiger partial charge in [0.25, 0.3) is 0 Å². The first kappa shape index (κ1) is 19.9. The van der Waals surface area contributed by atoms with Crippen LogP contribution in [0.3, 0.4) is 0 Å². The first-order valence-electron chi connectivity index (χ1n) is 7.78. The number of hydrogen-bond acceptors (Lipinski definition) is 5. The first-order chi connectivity index (χ1) is 10.9. The van der Waals surface area contributed by atoms with Gasteiger partial charge in [-0.1, -0.05) is 45.9 Å². The Hall–Kier alpha value is -1.16. The van der Waals surface area contributed by atoms with Gasteiger partial charge in [-0.05, 0) is 23.0 Å². The summed E-state index contributed by atoms with van der Waals surface area (Å²) in [4.78, 5) is 11.4. The number of methoxy groups -OCH3 is 2. The highest BCUT2D eigenvalue weighted by Crippen LogP contribution is 2.42. The van der Waals surface area contributed by atoms with E-state index in [1.165, 1.54) is 18.2 Å². The minimum Gasteiger partial charge on any atom is -0.468 e. The smallest absolute Gasteiger partial charge is 0.320 e. The lowest BCUT2D eigenvalue weighted by atomic mass is 9.94.